The van der Waals surface area contributed by atoms with Gasteiger partial charge in [-0.3, -0.25) is 9.56 Å². The number of rotatable bonds is 10. The number of hydrogen-bond donors (Lipinski definition) is 7. The van der Waals surface area contributed by atoms with Gasteiger partial charge in [0, 0.05) is 13.1 Å². The monoisotopic (exact) mass is 440 g/mol. The van der Waals surface area contributed by atoms with Crippen molar-refractivity contribution in [1.29, 1.82) is 0 Å². The van der Waals surface area contributed by atoms with Crippen LogP contribution in [0.3, 0.4) is 0 Å². The smallest absolute Gasteiger partial charge is 0.203 e. The third-order valence-corrected chi connectivity index (χ3v) is 5.19. The number of aromatic amines is 1. The van der Waals surface area contributed by atoms with E-state index in [2.05, 4.69) is 25.3 Å². The maximum Gasteiger partial charge on any atom is 0.203 e. The second-order valence-corrected chi connectivity index (χ2v) is 7.50. The van der Waals surface area contributed by atoms with Gasteiger partial charge in [0.25, 0.3) is 0 Å². The molecule has 9 N–H and O–H groups in total. The molecule has 4 atom stereocenters. The molecule has 0 bridgehead atoms. The van der Waals surface area contributed by atoms with Gasteiger partial charge in [-0.05, 0) is 12.8 Å². The van der Waals surface area contributed by atoms with Crippen LogP contribution in [0.2, 0.25) is 0 Å². The molecule has 0 aromatic carbocycles. The Morgan fingerprint density at radius 3 is 2.73 bits per heavy atom. The number of aliphatic hydroxyl groups excluding tert-OH is 3. The van der Waals surface area contributed by atoms with Crippen LogP contribution in [-0.4, -0.2) is 78.8 Å². The molecule has 13 heteroatoms. The minimum atomic E-state index is -1.22. The summed E-state index contributed by atoms with van der Waals surface area (Å²) < 4.78 is 7.43. The molecule has 1 saturated heterocycles. The molecule has 1 aliphatic heterocycles. The molecule has 12 nitrogen and oxygen atoms in total. The highest BCUT2D eigenvalue weighted by atomic mass is 32.1. The lowest BCUT2D eigenvalue weighted by Crippen LogP contribution is -2.33. The highest BCUT2D eigenvalue weighted by molar-refractivity contribution is 7.71. The summed E-state index contributed by atoms with van der Waals surface area (Å²) in [6, 6.07) is 0. The summed E-state index contributed by atoms with van der Waals surface area (Å²) in [7, 11) is 0. The van der Waals surface area contributed by atoms with Crippen molar-refractivity contribution in [3.8, 4) is 0 Å². The van der Waals surface area contributed by atoms with Crippen molar-refractivity contribution in [2.45, 2.75) is 50.2 Å². The summed E-state index contributed by atoms with van der Waals surface area (Å²) >= 11 is 5.33. The molecule has 3 rings (SSSR count). The second-order valence-electron chi connectivity index (χ2n) is 7.12. The average Bonchev–Trinajstić information content (AvgIpc) is 3.25. The zero-order valence-electron chi connectivity index (χ0n) is 16.4. The zero-order chi connectivity index (χ0) is 21.7. The van der Waals surface area contributed by atoms with Gasteiger partial charge in [0.1, 0.15) is 29.5 Å². The standard InChI is InChI=1S/C17H28N8O4S/c18-16(19)20-5-3-1-2-4-6-21-17-23-13-10(14(30)24-17)22-8-25(13)15-12(28)11(27)9(7-26)29-15/h8-9,11-12,15,26-28H,1-7H2,(H4,18,19,20)(H2,21,23,24,30)/t9-,11-,12-,15-/m1/s1. The first kappa shape index (κ1) is 22.4. The van der Waals surface area contributed by atoms with Gasteiger partial charge in [-0.15, -0.1) is 0 Å². The fraction of sp³-hybridized carbons (Fsp3) is 0.647. The number of H-pyrrole nitrogens is 1. The van der Waals surface area contributed by atoms with Gasteiger partial charge in [-0.2, -0.15) is 0 Å². The van der Waals surface area contributed by atoms with E-state index >= 15 is 0 Å². The Hall–Kier alpha value is -2.32. The predicted molar refractivity (Wildman–Crippen MR) is 113 cm³/mol. The second kappa shape index (κ2) is 10.1. The normalized spacial score (nSPS) is 23.7. The number of anilines is 1. The topological polar surface area (TPSA) is 193 Å². The third-order valence-electron chi connectivity index (χ3n) is 4.91. The SMILES string of the molecule is NC(N)=NCCCCCCNc1nc(=S)c2ncn([C@@H]3O[C@H](CO)[C@@H](O)[C@H]3O)c2[nH]1. The molecule has 0 radical (unpaired) electrons. The molecular formula is C17H28N8O4S. The number of aliphatic imine (C=N–C) groups is 1. The van der Waals surface area contributed by atoms with Crippen LogP contribution < -0.4 is 16.8 Å². The Balaban J connectivity index is 1.62. The van der Waals surface area contributed by atoms with Gasteiger partial charge in [-0.1, -0.05) is 25.1 Å². The third kappa shape index (κ3) is 5.05. The van der Waals surface area contributed by atoms with E-state index in [1.165, 1.54) is 6.33 Å². The molecule has 3 heterocycles. The highest BCUT2D eigenvalue weighted by Gasteiger charge is 2.43. The van der Waals surface area contributed by atoms with E-state index in [0.717, 1.165) is 25.7 Å². The maximum atomic E-state index is 10.3. The molecule has 2 aromatic heterocycles. The average molecular weight is 441 g/mol. The number of imidazole rings is 1. The van der Waals surface area contributed by atoms with Crippen molar-refractivity contribution in [3.63, 3.8) is 0 Å². The highest BCUT2D eigenvalue weighted by Crippen LogP contribution is 2.31. The van der Waals surface area contributed by atoms with Crippen LogP contribution >= 0.6 is 12.2 Å². The minimum Gasteiger partial charge on any atom is -0.394 e. The molecule has 1 fully saturated rings. The van der Waals surface area contributed by atoms with Crippen LogP contribution in [0.25, 0.3) is 11.2 Å². The van der Waals surface area contributed by atoms with Crippen LogP contribution in [0.5, 0.6) is 0 Å². The number of fused-ring (bicyclic) bond motifs is 1. The number of ether oxygens (including phenoxy) is 1. The van der Waals surface area contributed by atoms with Crippen LogP contribution in [0.4, 0.5) is 5.95 Å². The number of nitrogens with zero attached hydrogens (tertiary/aromatic N) is 4. The van der Waals surface area contributed by atoms with Gasteiger partial charge < -0.3 is 41.8 Å². The summed E-state index contributed by atoms with van der Waals surface area (Å²) in [4.78, 5) is 15.6. The molecule has 1 aliphatic rings. The van der Waals surface area contributed by atoms with Crippen molar-refractivity contribution in [3.05, 3.63) is 11.0 Å². The van der Waals surface area contributed by atoms with Gasteiger partial charge in [0.05, 0.1) is 12.9 Å². The lowest BCUT2D eigenvalue weighted by molar-refractivity contribution is -0.0511. The summed E-state index contributed by atoms with van der Waals surface area (Å²) in [6.45, 7) is 0.914. The van der Waals surface area contributed by atoms with E-state index in [9.17, 15) is 15.3 Å². The first-order chi connectivity index (χ1) is 14.4. The summed E-state index contributed by atoms with van der Waals surface area (Å²) in [5.74, 6) is 0.589. The molecule has 0 saturated carbocycles. The van der Waals surface area contributed by atoms with Crippen molar-refractivity contribution >= 4 is 35.3 Å². The molecule has 0 amide bonds. The Labute approximate surface area is 178 Å². The molecule has 0 aliphatic carbocycles. The Morgan fingerprint density at radius 1 is 1.27 bits per heavy atom. The maximum absolute atomic E-state index is 10.3. The van der Waals surface area contributed by atoms with E-state index in [1.807, 2.05) is 0 Å². The van der Waals surface area contributed by atoms with Crippen molar-refractivity contribution in [1.82, 2.24) is 19.5 Å². The summed E-state index contributed by atoms with van der Waals surface area (Å²) in [5, 5.41) is 32.8. The molecule has 0 spiro atoms. The summed E-state index contributed by atoms with van der Waals surface area (Å²) in [6.07, 6.45) is 1.13. The van der Waals surface area contributed by atoms with Gasteiger partial charge in [0.2, 0.25) is 5.95 Å². The zero-order valence-corrected chi connectivity index (χ0v) is 17.3. The Morgan fingerprint density at radius 2 is 2.03 bits per heavy atom. The minimum absolute atomic E-state index is 0.115. The number of nitrogens with one attached hydrogen (secondary N) is 2. The number of aliphatic hydroxyl groups is 3. The number of nitrogens with two attached hydrogens (primary N) is 2. The van der Waals surface area contributed by atoms with E-state index in [1.54, 1.807) is 4.57 Å². The fourth-order valence-corrected chi connectivity index (χ4v) is 3.57. The quantitative estimate of drug-likeness (QED) is 0.108. The Kier molecular flexibility index (Phi) is 7.55. The largest absolute Gasteiger partial charge is 0.394 e. The van der Waals surface area contributed by atoms with Gasteiger partial charge >= 0.3 is 0 Å². The predicted octanol–water partition coefficient (Wildman–Crippen LogP) is -0.654. The number of guanidine groups is 1. The van der Waals surface area contributed by atoms with Crippen molar-refractivity contribution in [2.24, 2.45) is 16.5 Å². The molecule has 30 heavy (non-hydrogen) atoms. The van der Waals surface area contributed by atoms with Crippen molar-refractivity contribution < 1.29 is 20.1 Å². The van der Waals surface area contributed by atoms with E-state index < -0.39 is 31.1 Å². The fourth-order valence-electron chi connectivity index (χ4n) is 3.33. The Bertz CT molecular complexity index is 928. The number of hydrogen-bond acceptors (Lipinski definition) is 9. The van der Waals surface area contributed by atoms with Gasteiger partial charge in [0.15, 0.2) is 16.8 Å². The number of aromatic nitrogens is 4. The van der Waals surface area contributed by atoms with Gasteiger partial charge in [-0.25, -0.2) is 9.97 Å². The number of unbranched alkanes of at least 4 members (excludes halogenated alkanes) is 3. The van der Waals surface area contributed by atoms with Crippen LogP contribution in [0, 0.1) is 4.64 Å². The van der Waals surface area contributed by atoms with E-state index in [-0.39, 0.29) is 5.96 Å². The molecular weight excluding hydrogens is 412 g/mol. The van der Waals surface area contributed by atoms with Crippen LogP contribution in [0.1, 0.15) is 31.9 Å². The lowest BCUT2D eigenvalue weighted by atomic mass is 10.1. The summed E-state index contributed by atoms with van der Waals surface area (Å²) in [5.41, 5.74) is 11.5. The van der Waals surface area contributed by atoms with Crippen molar-refractivity contribution in [2.75, 3.05) is 25.0 Å². The van der Waals surface area contributed by atoms with E-state index in [0.29, 0.717) is 34.8 Å². The lowest BCUT2D eigenvalue weighted by Gasteiger charge is -2.17. The molecule has 166 valence electrons. The first-order valence-electron chi connectivity index (χ1n) is 9.81. The van der Waals surface area contributed by atoms with Crippen LogP contribution in [0.15, 0.2) is 11.3 Å². The molecule has 0 unspecified atom stereocenters. The first-order valence-corrected chi connectivity index (χ1v) is 10.2. The molecule has 2 aromatic rings. The van der Waals surface area contributed by atoms with E-state index in [4.69, 9.17) is 28.4 Å². The van der Waals surface area contributed by atoms with Crippen LogP contribution in [-0.2, 0) is 4.74 Å².